The highest BCUT2D eigenvalue weighted by Crippen LogP contribution is 2.31. The zero-order valence-corrected chi connectivity index (χ0v) is 25.0. The Labute approximate surface area is 245 Å². The van der Waals surface area contributed by atoms with Gasteiger partial charge >= 0.3 is 0 Å². The maximum absolute atomic E-state index is 14.2. The zero-order chi connectivity index (χ0) is 33.2. The Morgan fingerprint density at radius 1 is 0.512 bits per heavy atom. The van der Waals surface area contributed by atoms with Gasteiger partial charge in [0.1, 0.15) is 35.1 Å². The van der Waals surface area contributed by atoms with Crippen LogP contribution in [0.3, 0.4) is 0 Å². The first-order valence-corrected chi connectivity index (χ1v) is 13.5. The number of anilines is 2. The average Bonchev–Trinajstić information content (AvgIpc) is 3.01. The molecule has 2 N–H and O–H groups in total. The third-order valence-electron chi connectivity index (χ3n) is 5.72. The molecule has 0 radical (unpaired) electrons. The van der Waals surface area contributed by atoms with E-state index < -0.39 is 81.5 Å². The Hall–Kier alpha value is -3.77. The lowest BCUT2D eigenvalue weighted by Gasteiger charge is -2.22. The summed E-state index contributed by atoms with van der Waals surface area (Å²) in [5.74, 6) is -16.3. The largest absolute Gasteiger partial charge is 0.488 e. The van der Waals surface area contributed by atoms with Crippen LogP contribution in [0, 0.1) is 66.2 Å². The molecule has 0 bridgehead atoms. The molecule has 4 nitrogen and oxygen atoms in total. The van der Waals surface area contributed by atoms with E-state index in [-0.39, 0.29) is 24.6 Å². The third kappa shape index (κ3) is 8.64. The van der Waals surface area contributed by atoms with Crippen LogP contribution in [0.2, 0.25) is 0 Å². The number of nitrogens with one attached hydrogen (secondary N) is 2. The summed E-state index contributed by atoms with van der Waals surface area (Å²) in [6.07, 6.45) is -1.56. The smallest absolute Gasteiger partial charge is 0.200 e. The van der Waals surface area contributed by atoms with E-state index in [1.54, 1.807) is 26.0 Å². The van der Waals surface area contributed by atoms with Crippen molar-refractivity contribution in [1.82, 2.24) is 0 Å². The molecule has 0 saturated carbocycles. The molecule has 0 aliphatic rings. The lowest BCUT2D eigenvalue weighted by Crippen LogP contribution is -2.25. The second-order valence-corrected chi connectivity index (χ2v) is 8.70. The topological polar surface area (TPSA) is 42.5 Å². The minimum Gasteiger partial charge on any atom is -0.488 e. The lowest BCUT2D eigenvalue weighted by molar-refractivity contribution is 0.218. The van der Waals surface area contributed by atoms with Crippen LogP contribution >= 0.6 is 0 Å². The van der Waals surface area contributed by atoms with E-state index >= 15 is 0 Å². The number of rotatable bonds is 10. The molecular weight excluding hydrogens is 591 g/mol. The van der Waals surface area contributed by atoms with Crippen molar-refractivity contribution in [3.05, 3.63) is 81.7 Å². The molecule has 0 aromatic heterocycles. The molecule has 3 rings (SSSR count). The van der Waals surface area contributed by atoms with Crippen LogP contribution in [0.4, 0.5) is 50.9 Å². The molecule has 0 aliphatic heterocycles. The monoisotopic (exact) mass is 626 g/mol. The SMILES string of the molecule is CC.CC.Cc1c(OC(C)CNc2c(F)c(F)c(F)c(F)c2F)cccc1O[C@@H](C)CNc1c(F)c(C)c(F)c(F)c1F. The summed E-state index contributed by atoms with van der Waals surface area (Å²) in [5.41, 5.74) is -2.27. The highest BCUT2D eigenvalue weighted by atomic mass is 19.2. The Bertz CT molecular complexity index is 1230. The molecule has 43 heavy (non-hydrogen) atoms. The van der Waals surface area contributed by atoms with E-state index in [2.05, 4.69) is 10.6 Å². The molecule has 0 saturated heterocycles. The van der Waals surface area contributed by atoms with Gasteiger partial charge in [0.2, 0.25) is 5.82 Å². The van der Waals surface area contributed by atoms with Crippen molar-refractivity contribution in [2.24, 2.45) is 0 Å². The van der Waals surface area contributed by atoms with E-state index in [1.807, 2.05) is 27.7 Å². The van der Waals surface area contributed by atoms with Crippen LogP contribution in [0.5, 0.6) is 11.5 Å². The van der Waals surface area contributed by atoms with Gasteiger partial charge in [0.25, 0.3) is 0 Å². The van der Waals surface area contributed by atoms with Crippen LogP contribution in [0.25, 0.3) is 0 Å². The standard InChI is InChI=1S/C26H23F9N2O2.2C2H6/c1-10(8-36-25-17(28)13(4)16(27)18(29)22(25)33)38-14-6-5-7-15(12(14)3)39-11(2)9-37-26-23(34)20(31)19(30)21(32)24(26)35;2*1-2/h5-7,10-11,36-37H,8-9H2,1-4H3;2*1-2H3/t10-,11?;;/m0../s1. The summed E-state index contributed by atoms with van der Waals surface area (Å²) in [7, 11) is 0. The van der Waals surface area contributed by atoms with E-state index in [0.29, 0.717) is 5.56 Å². The van der Waals surface area contributed by atoms with Crippen molar-refractivity contribution in [1.29, 1.82) is 0 Å². The Morgan fingerprint density at radius 3 is 1.23 bits per heavy atom. The molecule has 0 fully saturated rings. The van der Waals surface area contributed by atoms with Crippen molar-refractivity contribution < 1.29 is 49.0 Å². The van der Waals surface area contributed by atoms with Gasteiger partial charge in [-0.15, -0.1) is 0 Å². The fourth-order valence-corrected chi connectivity index (χ4v) is 3.52. The summed E-state index contributed by atoms with van der Waals surface area (Å²) >= 11 is 0. The first-order chi connectivity index (χ1) is 20.3. The molecule has 13 heteroatoms. The van der Waals surface area contributed by atoms with Crippen LogP contribution in [0.15, 0.2) is 18.2 Å². The fraction of sp³-hybridized carbons (Fsp3) is 0.400. The normalized spacial score (nSPS) is 11.8. The summed E-state index contributed by atoms with van der Waals surface area (Å²) in [6, 6.07) is 4.63. The number of ether oxygens (including phenoxy) is 2. The minimum atomic E-state index is -2.27. The van der Waals surface area contributed by atoms with Gasteiger partial charge in [-0.05, 0) is 39.8 Å². The van der Waals surface area contributed by atoms with Crippen molar-refractivity contribution in [3.63, 3.8) is 0 Å². The van der Waals surface area contributed by atoms with Gasteiger partial charge in [-0.1, -0.05) is 33.8 Å². The zero-order valence-electron chi connectivity index (χ0n) is 25.0. The second kappa shape index (κ2) is 16.8. The van der Waals surface area contributed by atoms with Crippen LogP contribution in [0.1, 0.15) is 52.7 Å². The van der Waals surface area contributed by atoms with Crippen molar-refractivity contribution in [3.8, 4) is 11.5 Å². The minimum absolute atomic E-state index is 0.203. The Balaban J connectivity index is 0.00000221. The summed E-state index contributed by atoms with van der Waals surface area (Å²) in [5, 5.41) is 4.53. The third-order valence-corrected chi connectivity index (χ3v) is 5.72. The van der Waals surface area contributed by atoms with E-state index in [4.69, 9.17) is 9.47 Å². The van der Waals surface area contributed by atoms with Crippen LogP contribution < -0.4 is 20.1 Å². The molecule has 1 unspecified atom stereocenters. The molecule has 2 atom stereocenters. The van der Waals surface area contributed by atoms with Crippen molar-refractivity contribution in [2.45, 2.75) is 67.6 Å². The number of halogens is 9. The Kier molecular flexibility index (Phi) is 14.5. The first-order valence-electron chi connectivity index (χ1n) is 13.5. The second-order valence-electron chi connectivity index (χ2n) is 8.70. The van der Waals surface area contributed by atoms with Crippen molar-refractivity contribution >= 4 is 11.4 Å². The molecule has 3 aromatic rings. The average molecular weight is 627 g/mol. The first kappa shape index (κ1) is 37.3. The fourth-order valence-electron chi connectivity index (χ4n) is 3.52. The predicted octanol–water partition coefficient (Wildman–Crippen LogP) is 9.37. The summed E-state index contributed by atoms with van der Waals surface area (Å²) in [6.45, 7) is 13.0. The molecular formula is C30H35F9N2O2. The highest BCUT2D eigenvalue weighted by molar-refractivity contribution is 5.51. The number of hydrogen-bond acceptors (Lipinski definition) is 4. The van der Waals surface area contributed by atoms with E-state index in [0.717, 1.165) is 6.92 Å². The summed E-state index contributed by atoms with van der Waals surface area (Å²) in [4.78, 5) is 0. The van der Waals surface area contributed by atoms with E-state index in [1.165, 1.54) is 13.0 Å². The van der Waals surface area contributed by atoms with Gasteiger partial charge in [-0.25, -0.2) is 39.5 Å². The number of benzene rings is 3. The molecule has 240 valence electrons. The molecule has 0 amide bonds. The van der Waals surface area contributed by atoms with Crippen molar-refractivity contribution in [2.75, 3.05) is 23.7 Å². The van der Waals surface area contributed by atoms with Gasteiger partial charge in [-0.2, -0.15) is 0 Å². The molecule has 0 heterocycles. The lowest BCUT2D eigenvalue weighted by atomic mass is 10.1. The molecule has 0 spiro atoms. The van der Waals surface area contributed by atoms with Gasteiger partial charge in [0, 0.05) is 11.1 Å². The quantitative estimate of drug-likeness (QED) is 0.134. The maximum Gasteiger partial charge on any atom is 0.200 e. The van der Waals surface area contributed by atoms with E-state index in [9.17, 15) is 39.5 Å². The van der Waals surface area contributed by atoms with Crippen LogP contribution in [-0.2, 0) is 0 Å². The molecule has 0 aliphatic carbocycles. The summed E-state index contributed by atoms with van der Waals surface area (Å²) < 4.78 is 135. The number of hydrogen-bond donors (Lipinski definition) is 2. The van der Waals surface area contributed by atoms with Gasteiger partial charge in [0.05, 0.1) is 13.1 Å². The Morgan fingerprint density at radius 2 is 0.837 bits per heavy atom. The van der Waals surface area contributed by atoms with Gasteiger partial charge < -0.3 is 20.1 Å². The maximum atomic E-state index is 14.2. The highest BCUT2D eigenvalue weighted by Gasteiger charge is 2.26. The van der Waals surface area contributed by atoms with Gasteiger partial charge in [-0.3, -0.25) is 0 Å². The predicted molar refractivity (Wildman–Crippen MR) is 148 cm³/mol. The van der Waals surface area contributed by atoms with Crippen LogP contribution in [-0.4, -0.2) is 25.3 Å². The molecule has 3 aromatic carbocycles. The van der Waals surface area contributed by atoms with Gasteiger partial charge in [0.15, 0.2) is 46.5 Å².